The van der Waals surface area contributed by atoms with Crippen LogP contribution in [-0.2, 0) is 11.3 Å². The monoisotopic (exact) mass is 415 g/mol. The van der Waals surface area contributed by atoms with Gasteiger partial charge in [-0.2, -0.15) is 0 Å². The van der Waals surface area contributed by atoms with Gasteiger partial charge in [0.1, 0.15) is 12.3 Å². The van der Waals surface area contributed by atoms with Gasteiger partial charge in [0, 0.05) is 22.6 Å². The largest absolute Gasteiger partial charge is 0.483 e. The van der Waals surface area contributed by atoms with E-state index in [0.717, 1.165) is 38.5 Å². The Bertz CT molecular complexity index is 773. The summed E-state index contributed by atoms with van der Waals surface area (Å²) in [5.41, 5.74) is 2.57. The Kier molecular flexibility index (Phi) is 6.83. The summed E-state index contributed by atoms with van der Waals surface area (Å²) in [5, 5.41) is 0. The maximum absolute atomic E-state index is 12.7. The highest BCUT2D eigenvalue weighted by Crippen LogP contribution is 2.48. The zero-order valence-electron chi connectivity index (χ0n) is 16.0. The fraction of sp³-hybridized carbons (Fsp3) is 0.409. The number of nitrogens with one attached hydrogen (secondary N) is 1. The van der Waals surface area contributed by atoms with Gasteiger partial charge in [0.15, 0.2) is 6.61 Å². The lowest BCUT2D eigenvalue weighted by Crippen LogP contribution is -3.13. The van der Waals surface area contributed by atoms with E-state index in [-0.39, 0.29) is 12.5 Å². The summed E-state index contributed by atoms with van der Waals surface area (Å²) < 4.78 is 6.39. The van der Waals surface area contributed by atoms with Crippen molar-refractivity contribution in [2.24, 2.45) is 0 Å². The van der Waals surface area contributed by atoms with Gasteiger partial charge in [0.2, 0.25) is 0 Å². The molecule has 0 aliphatic carbocycles. The van der Waals surface area contributed by atoms with Gasteiger partial charge in [-0.1, -0.05) is 48.5 Å². The van der Waals surface area contributed by atoms with Crippen LogP contribution in [-0.4, -0.2) is 55.1 Å². The number of benzene rings is 2. The number of amides is 1. The van der Waals surface area contributed by atoms with Crippen LogP contribution < -0.4 is 9.64 Å². The second kappa shape index (κ2) is 9.72. The lowest BCUT2D eigenvalue weighted by molar-refractivity contribution is -0.917. The van der Waals surface area contributed by atoms with Crippen LogP contribution in [0.4, 0.5) is 0 Å². The van der Waals surface area contributed by atoms with E-state index < -0.39 is 0 Å². The molecule has 1 amide bonds. The minimum absolute atomic E-state index is 0.0975. The second-order valence-corrected chi connectivity index (χ2v) is 9.92. The summed E-state index contributed by atoms with van der Waals surface area (Å²) in [5.74, 6) is 3.31. The van der Waals surface area contributed by atoms with Crippen molar-refractivity contribution in [1.29, 1.82) is 0 Å². The number of hydrogen-bond acceptors (Lipinski definition) is 4. The van der Waals surface area contributed by atoms with Crippen molar-refractivity contribution in [3.8, 4) is 5.75 Å². The Hall–Kier alpha value is -1.63. The van der Waals surface area contributed by atoms with Crippen LogP contribution in [0.25, 0.3) is 0 Å². The number of carbonyl (C=O) groups excluding carboxylic acids is 1. The lowest BCUT2D eigenvalue weighted by atomic mass is 10.2. The lowest BCUT2D eigenvalue weighted by Gasteiger charge is -2.32. The highest BCUT2D eigenvalue weighted by atomic mass is 32.2. The third kappa shape index (κ3) is 5.04. The minimum Gasteiger partial charge on any atom is -0.483 e. The van der Waals surface area contributed by atoms with Crippen molar-refractivity contribution in [1.82, 2.24) is 4.90 Å². The SMILES string of the molecule is O=C(COc1ccccc1C1SCCS1)N1CC[NH+](Cc2ccccc2)CC1. The molecule has 6 heteroatoms. The van der Waals surface area contributed by atoms with Crippen molar-refractivity contribution in [3.63, 3.8) is 0 Å². The molecule has 0 aromatic heterocycles. The summed E-state index contributed by atoms with van der Waals surface area (Å²) in [6, 6.07) is 18.7. The van der Waals surface area contributed by atoms with E-state index in [1.807, 2.05) is 40.6 Å². The van der Waals surface area contributed by atoms with E-state index in [0.29, 0.717) is 4.58 Å². The molecule has 2 aliphatic heterocycles. The first-order chi connectivity index (χ1) is 13.8. The van der Waals surface area contributed by atoms with Crippen molar-refractivity contribution in [2.45, 2.75) is 11.1 Å². The maximum Gasteiger partial charge on any atom is 0.260 e. The topological polar surface area (TPSA) is 34.0 Å². The molecule has 2 heterocycles. The molecule has 28 heavy (non-hydrogen) atoms. The fourth-order valence-corrected chi connectivity index (χ4v) is 6.62. The normalized spacial score (nSPS) is 18.4. The van der Waals surface area contributed by atoms with E-state index in [4.69, 9.17) is 4.74 Å². The van der Waals surface area contributed by atoms with Gasteiger partial charge in [-0.05, 0) is 6.07 Å². The number of quaternary nitrogens is 1. The molecule has 0 spiro atoms. The molecule has 0 radical (unpaired) electrons. The first-order valence-corrected chi connectivity index (χ1v) is 12.0. The van der Waals surface area contributed by atoms with E-state index in [2.05, 4.69) is 42.5 Å². The van der Waals surface area contributed by atoms with Gasteiger partial charge >= 0.3 is 0 Å². The molecule has 1 N–H and O–H groups in total. The molecule has 2 aromatic carbocycles. The number of para-hydroxylation sites is 1. The van der Waals surface area contributed by atoms with Gasteiger partial charge in [-0.3, -0.25) is 4.79 Å². The molecule has 2 aromatic rings. The number of hydrogen-bond donors (Lipinski definition) is 1. The smallest absolute Gasteiger partial charge is 0.260 e. The molecular formula is C22H27N2O2S2+. The Morgan fingerprint density at radius 1 is 1.00 bits per heavy atom. The predicted octanol–water partition coefficient (Wildman–Crippen LogP) is 2.47. The van der Waals surface area contributed by atoms with Gasteiger partial charge in [-0.25, -0.2) is 0 Å². The highest BCUT2D eigenvalue weighted by molar-refractivity contribution is 8.19. The summed E-state index contributed by atoms with van der Waals surface area (Å²) in [4.78, 5) is 16.1. The first kappa shape index (κ1) is 19.7. The number of nitrogens with zero attached hydrogens (tertiary/aromatic N) is 1. The minimum atomic E-state index is 0.0975. The zero-order chi connectivity index (χ0) is 19.2. The molecular weight excluding hydrogens is 388 g/mol. The Morgan fingerprint density at radius 2 is 1.68 bits per heavy atom. The van der Waals surface area contributed by atoms with Crippen molar-refractivity contribution < 1.29 is 14.4 Å². The second-order valence-electron chi connectivity index (χ2n) is 7.19. The molecule has 148 valence electrons. The fourth-order valence-electron chi connectivity index (χ4n) is 3.71. The molecule has 2 fully saturated rings. The first-order valence-electron chi connectivity index (χ1n) is 9.90. The Morgan fingerprint density at radius 3 is 2.43 bits per heavy atom. The summed E-state index contributed by atoms with van der Waals surface area (Å²) >= 11 is 3.92. The van der Waals surface area contributed by atoms with Crippen LogP contribution in [0.2, 0.25) is 0 Å². The third-order valence-corrected chi connectivity index (χ3v) is 8.33. The molecule has 0 unspecified atom stereocenters. The molecule has 4 nitrogen and oxygen atoms in total. The van der Waals surface area contributed by atoms with Crippen LogP contribution in [0.15, 0.2) is 54.6 Å². The summed E-state index contributed by atoms with van der Waals surface area (Å²) in [6.45, 7) is 4.76. The summed E-state index contributed by atoms with van der Waals surface area (Å²) in [6.07, 6.45) is 0. The zero-order valence-corrected chi connectivity index (χ0v) is 17.6. The Labute approximate surface area is 175 Å². The van der Waals surface area contributed by atoms with Crippen LogP contribution in [0.3, 0.4) is 0 Å². The third-order valence-electron chi connectivity index (χ3n) is 5.27. The van der Waals surface area contributed by atoms with Gasteiger partial charge in [0.05, 0.1) is 30.8 Å². The van der Waals surface area contributed by atoms with E-state index >= 15 is 0 Å². The van der Waals surface area contributed by atoms with Crippen LogP contribution in [0.1, 0.15) is 15.7 Å². The predicted molar refractivity (Wildman–Crippen MR) is 117 cm³/mol. The molecule has 0 bridgehead atoms. The molecule has 2 aliphatic rings. The number of ether oxygens (including phenoxy) is 1. The quantitative estimate of drug-likeness (QED) is 0.786. The standard InChI is InChI=1S/C22H26N2O2S2/c25-21(17-26-20-9-5-4-8-19(20)22-27-14-15-28-22)24-12-10-23(11-13-24)16-18-6-2-1-3-7-18/h1-9,22H,10-17H2/p+1. The number of rotatable bonds is 6. The average Bonchev–Trinajstić information content (AvgIpc) is 3.28. The van der Waals surface area contributed by atoms with Crippen LogP contribution in [0.5, 0.6) is 5.75 Å². The van der Waals surface area contributed by atoms with Crippen molar-refractivity contribution >= 4 is 29.4 Å². The highest BCUT2D eigenvalue weighted by Gasteiger charge is 2.25. The molecule has 4 rings (SSSR count). The van der Waals surface area contributed by atoms with E-state index in [1.54, 1.807) is 0 Å². The van der Waals surface area contributed by atoms with Crippen LogP contribution >= 0.6 is 23.5 Å². The number of carbonyl (C=O) groups is 1. The van der Waals surface area contributed by atoms with E-state index in [9.17, 15) is 4.79 Å². The maximum atomic E-state index is 12.7. The molecule has 0 saturated carbocycles. The van der Waals surface area contributed by atoms with Crippen molar-refractivity contribution in [3.05, 3.63) is 65.7 Å². The van der Waals surface area contributed by atoms with Gasteiger partial charge < -0.3 is 14.5 Å². The number of piperazine rings is 1. The van der Waals surface area contributed by atoms with Crippen molar-refractivity contribution in [2.75, 3.05) is 44.3 Å². The molecule has 0 atom stereocenters. The van der Waals surface area contributed by atoms with Gasteiger partial charge in [-0.15, -0.1) is 23.5 Å². The van der Waals surface area contributed by atoms with Gasteiger partial charge in [0.25, 0.3) is 5.91 Å². The van der Waals surface area contributed by atoms with Crippen LogP contribution in [0, 0.1) is 0 Å². The summed E-state index contributed by atoms with van der Waals surface area (Å²) in [7, 11) is 0. The van der Waals surface area contributed by atoms with E-state index in [1.165, 1.54) is 27.5 Å². The Balaban J connectivity index is 1.26. The molecule has 2 saturated heterocycles. The average molecular weight is 416 g/mol. The number of thioether (sulfide) groups is 2.